The number of ether oxygens (including phenoxy) is 4. The van der Waals surface area contributed by atoms with Crippen LogP contribution >= 0.6 is 0 Å². The van der Waals surface area contributed by atoms with Gasteiger partial charge in [0.1, 0.15) is 0 Å². The van der Waals surface area contributed by atoms with Crippen LogP contribution in [-0.2, 0) is 14.3 Å². The first-order valence-electron chi connectivity index (χ1n) is 13.6. The lowest BCUT2D eigenvalue weighted by Crippen LogP contribution is -2.52. The molecule has 0 radical (unpaired) electrons. The number of amides is 2. The lowest BCUT2D eigenvalue weighted by Gasteiger charge is -2.46. The maximum atomic E-state index is 13.9. The molecule has 0 saturated carbocycles. The molecule has 2 amide bonds. The number of hydrogen-bond donors (Lipinski definition) is 0. The van der Waals surface area contributed by atoms with Crippen molar-refractivity contribution in [3.05, 3.63) is 12.1 Å². The smallest absolute Gasteiger partial charge is 0.228 e. The second-order valence-electron chi connectivity index (χ2n) is 10.4. The van der Waals surface area contributed by atoms with Gasteiger partial charge in [-0.15, -0.1) is 0 Å². The Morgan fingerprint density at radius 1 is 1.00 bits per heavy atom. The van der Waals surface area contributed by atoms with Crippen LogP contribution in [-0.4, -0.2) is 95.4 Å². The first-order valence-corrected chi connectivity index (χ1v) is 13.6. The summed E-state index contributed by atoms with van der Waals surface area (Å²) in [4.78, 5) is 33.3. The van der Waals surface area contributed by atoms with Gasteiger partial charge in [0, 0.05) is 57.9 Å². The zero-order chi connectivity index (χ0) is 26.4. The van der Waals surface area contributed by atoms with Crippen LogP contribution in [0.5, 0.6) is 17.2 Å². The fraction of sp³-hybridized carbons (Fsp3) is 0.714. The summed E-state index contributed by atoms with van der Waals surface area (Å²) in [5.41, 5.74) is 0.644. The molecule has 0 bridgehead atoms. The summed E-state index contributed by atoms with van der Waals surface area (Å²) in [5.74, 6) is 1.56. The van der Waals surface area contributed by atoms with Gasteiger partial charge in [-0.2, -0.15) is 0 Å². The Bertz CT molecular complexity index is 913. The minimum Gasteiger partial charge on any atom is -0.493 e. The molecule has 3 saturated heterocycles. The number of rotatable bonds is 11. The van der Waals surface area contributed by atoms with Crippen molar-refractivity contribution in [3.8, 4) is 17.2 Å². The fourth-order valence-corrected chi connectivity index (χ4v) is 6.37. The van der Waals surface area contributed by atoms with E-state index >= 15 is 0 Å². The number of nitrogens with zero attached hydrogens (tertiary/aromatic N) is 3. The molecule has 4 rings (SSSR count). The summed E-state index contributed by atoms with van der Waals surface area (Å²) in [7, 11) is 6.34. The van der Waals surface area contributed by atoms with Crippen molar-refractivity contribution in [1.29, 1.82) is 0 Å². The third-order valence-electron chi connectivity index (χ3n) is 8.21. The number of methoxy groups -OCH3 is 4. The second kappa shape index (κ2) is 12.8. The van der Waals surface area contributed by atoms with E-state index in [-0.39, 0.29) is 24.2 Å². The highest BCUT2D eigenvalue weighted by Gasteiger charge is 2.40. The third-order valence-corrected chi connectivity index (χ3v) is 8.21. The largest absolute Gasteiger partial charge is 0.493 e. The lowest BCUT2D eigenvalue weighted by atomic mass is 9.83. The molecule has 37 heavy (non-hydrogen) atoms. The maximum absolute atomic E-state index is 13.9. The Hall–Kier alpha value is -2.52. The van der Waals surface area contributed by atoms with Crippen molar-refractivity contribution >= 4 is 17.5 Å². The van der Waals surface area contributed by atoms with Crippen molar-refractivity contribution in [2.45, 2.75) is 51.0 Å². The van der Waals surface area contributed by atoms with Crippen molar-refractivity contribution in [1.82, 2.24) is 9.80 Å². The van der Waals surface area contributed by atoms with E-state index in [4.69, 9.17) is 18.9 Å². The standard InChI is InChI=1S/C28H43N3O6/c1-34-14-8-13-30(18-20-9-7-12-29-11-6-5-10-23(20)29)28(33)21-15-26(32)31(19-21)22-16-24(35-2)27(37-4)25(17-22)36-3/h16-17,20-21,23H,5-15,18-19H2,1-4H3/t20-,21+,23-/m0/s1. The van der Waals surface area contributed by atoms with Crippen LogP contribution in [0.3, 0.4) is 0 Å². The first kappa shape index (κ1) is 27.5. The Kier molecular flexibility index (Phi) is 9.54. The zero-order valence-electron chi connectivity index (χ0n) is 22.9. The van der Waals surface area contributed by atoms with Crippen LogP contribution in [0.4, 0.5) is 5.69 Å². The molecule has 1 aromatic rings. The summed E-state index contributed by atoms with van der Waals surface area (Å²) in [6, 6.07) is 4.10. The Balaban J connectivity index is 1.50. The monoisotopic (exact) mass is 517 g/mol. The molecule has 3 aliphatic heterocycles. The molecule has 1 aromatic carbocycles. The molecular formula is C28H43N3O6. The van der Waals surface area contributed by atoms with Gasteiger partial charge in [0.25, 0.3) is 0 Å². The quantitative estimate of drug-likeness (QED) is 0.417. The van der Waals surface area contributed by atoms with Gasteiger partial charge in [-0.25, -0.2) is 0 Å². The molecule has 0 aromatic heterocycles. The lowest BCUT2D eigenvalue weighted by molar-refractivity contribution is -0.137. The molecule has 0 aliphatic carbocycles. The molecular weight excluding hydrogens is 474 g/mol. The summed E-state index contributed by atoms with van der Waals surface area (Å²) in [5, 5.41) is 0. The minimum absolute atomic E-state index is 0.0689. The summed E-state index contributed by atoms with van der Waals surface area (Å²) in [6.45, 7) is 4.74. The number of carbonyl (C=O) groups excluding carboxylic acids is 2. The van der Waals surface area contributed by atoms with Gasteiger partial charge in [0.15, 0.2) is 11.5 Å². The first-order chi connectivity index (χ1) is 18.0. The van der Waals surface area contributed by atoms with E-state index in [0.717, 1.165) is 19.4 Å². The summed E-state index contributed by atoms with van der Waals surface area (Å²) in [6.07, 6.45) is 7.13. The van der Waals surface area contributed by atoms with E-state index in [0.29, 0.717) is 54.6 Å². The van der Waals surface area contributed by atoms with E-state index in [1.807, 2.05) is 4.90 Å². The number of fused-ring (bicyclic) bond motifs is 1. The van der Waals surface area contributed by atoms with Crippen LogP contribution in [0.1, 0.15) is 44.9 Å². The Labute approximate surface area is 220 Å². The highest BCUT2D eigenvalue weighted by Crippen LogP contribution is 2.42. The molecule has 3 fully saturated rings. The van der Waals surface area contributed by atoms with Crippen LogP contribution in [0.15, 0.2) is 12.1 Å². The van der Waals surface area contributed by atoms with Crippen LogP contribution in [0, 0.1) is 11.8 Å². The predicted molar refractivity (Wildman–Crippen MR) is 142 cm³/mol. The summed E-state index contributed by atoms with van der Waals surface area (Å²) >= 11 is 0. The van der Waals surface area contributed by atoms with Gasteiger partial charge in [0.05, 0.1) is 32.9 Å². The van der Waals surface area contributed by atoms with Crippen molar-refractivity contribution in [2.24, 2.45) is 11.8 Å². The van der Waals surface area contributed by atoms with Crippen molar-refractivity contribution in [2.75, 3.05) is 72.7 Å². The average Bonchev–Trinajstić information content (AvgIpc) is 3.32. The highest BCUT2D eigenvalue weighted by atomic mass is 16.5. The predicted octanol–water partition coefficient (Wildman–Crippen LogP) is 3.19. The molecule has 3 aliphatic rings. The van der Waals surface area contributed by atoms with Crippen LogP contribution in [0.2, 0.25) is 0 Å². The van der Waals surface area contributed by atoms with Gasteiger partial charge in [-0.3, -0.25) is 9.59 Å². The Morgan fingerprint density at radius 2 is 1.73 bits per heavy atom. The number of piperidine rings is 2. The van der Waals surface area contributed by atoms with E-state index in [1.54, 1.807) is 45.5 Å². The molecule has 0 N–H and O–H groups in total. The zero-order valence-corrected chi connectivity index (χ0v) is 22.9. The molecule has 0 spiro atoms. The van der Waals surface area contributed by atoms with Gasteiger partial charge < -0.3 is 33.6 Å². The number of hydrogen-bond acceptors (Lipinski definition) is 7. The minimum atomic E-state index is -0.375. The average molecular weight is 518 g/mol. The van der Waals surface area contributed by atoms with E-state index in [9.17, 15) is 9.59 Å². The molecule has 9 nitrogen and oxygen atoms in total. The number of benzene rings is 1. The maximum Gasteiger partial charge on any atom is 0.228 e. The molecule has 206 valence electrons. The molecule has 3 heterocycles. The molecule has 3 atom stereocenters. The normalized spacial score (nSPS) is 24.1. The van der Waals surface area contributed by atoms with Crippen LogP contribution in [0.25, 0.3) is 0 Å². The fourth-order valence-electron chi connectivity index (χ4n) is 6.37. The van der Waals surface area contributed by atoms with Gasteiger partial charge in [-0.1, -0.05) is 6.42 Å². The van der Waals surface area contributed by atoms with Crippen LogP contribution < -0.4 is 19.1 Å². The van der Waals surface area contributed by atoms with Gasteiger partial charge in [-0.05, 0) is 51.1 Å². The van der Waals surface area contributed by atoms with Crippen molar-refractivity contribution < 1.29 is 28.5 Å². The number of carbonyl (C=O) groups is 2. The van der Waals surface area contributed by atoms with E-state index < -0.39 is 0 Å². The van der Waals surface area contributed by atoms with E-state index in [2.05, 4.69) is 4.90 Å². The Morgan fingerprint density at radius 3 is 2.41 bits per heavy atom. The second-order valence-corrected chi connectivity index (χ2v) is 10.4. The van der Waals surface area contributed by atoms with Gasteiger partial charge in [0.2, 0.25) is 17.6 Å². The molecule has 9 heteroatoms. The SMILES string of the molecule is COCCCN(C[C@@H]1CCCN2CCCC[C@@H]12)C(=O)[C@@H]1CC(=O)N(c2cc(OC)c(OC)c(OC)c2)C1. The van der Waals surface area contributed by atoms with Crippen molar-refractivity contribution in [3.63, 3.8) is 0 Å². The third kappa shape index (κ3) is 6.14. The van der Waals surface area contributed by atoms with E-state index in [1.165, 1.54) is 38.8 Å². The summed E-state index contributed by atoms with van der Waals surface area (Å²) < 4.78 is 21.7. The number of anilines is 1. The molecule has 0 unspecified atom stereocenters. The highest BCUT2D eigenvalue weighted by molar-refractivity contribution is 6.00. The van der Waals surface area contributed by atoms with Gasteiger partial charge >= 0.3 is 0 Å². The topological polar surface area (TPSA) is 80.8 Å².